The van der Waals surface area contributed by atoms with Crippen LogP contribution in [0.5, 0.6) is 0 Å². The van der Waals surface area contributed by atoms with Crippen molar-refractivity contribution in [3.63, 3.8) is 0 Å². The molecule has 0 atom stereocenters. The van der Waals surface area contributed by atoms with Gasteiger partial charge in [-0.2, -0.15) is 4.57 Å². The van der Waals surface area contributed by atoms with E-state index in [1.54, 1.807) is 12.2 Å². The topological polar surface area (TPSA) is 81.3 Å². The molecule has 0 saturated carbocycles. The molecule has 1 aromatic heterocycles. The van der Waals surface area contributed by atoms with E-state index in [0.29, 0.717) is 11.4 Å². The van der Waals surface area contributed by atoms with Gasteiger partial charge in [0.05, 0.1) is 6.20 Å². The highest BCUT2D eigenvalue weighted by atomic mass is 16.6. The average Bonchev–Trinajstić information content (AvgIpc) is 3.15. The molecule has 0 aliphatic carbocycles. The van der Waals surface area contributed by atoms with Crippen molar-refractivity contribution in [3.05, 3.63) is 64.1 Å². The second kappa shape index (κ2) is 10.9. The molecule has 0 radical (unpaired) electrons. The molecule has 0 bridgehead atoms. The first-order chi connectivity index (χ1) is 14.0. The molecule has 2 aromatic rings. The second-order valence-corrected chi connectivity index (χ2v) is 6.74. The summed E-state index contributed by atoms with van der Waals surface area (Å²) < 4.78 is 1.31. The third-order valence-corrected chi connectivity index (χ3v) is 4.61. The van der Waals surface area contributed by atoms with Crippen LogP contribution in [0.4, 0.5) is 5.82 Å². The molecule has 0 unspecified atom stereocenters. The largest absolute Gasteiger partial charge is 0.358 e. The molecule has 1 heterocycles. The van der Waals surface area contributed by atoms with Crippen LogP contribution in [0.25, 0.3) is 18.4 Å². The summed E-state index contributed by atoms with van der Waals surface area (Å²) in [6.07, 6.45) is 10.1. The summed E-state index contributed by atoms with van der Waals surface area (Å²) in [6, 6.07) is 7.35. The van der Waals surface area contributed by atoms with Crippen LogP contribution in [-0.4, -0.2) is 38.4 Å². The Morgan fingerprint density at radius 1 is 1.17 bits per heavy atom. The summed E-state index contributed by atoms with van der Waals surface area (Å²) in [4.78, 5) is 29.3. The van der Waals surface area contributed by atoms with Crippen molar-refractivity contribution in [2.24, 2.45) is 0 Å². The molecule has 29 heavy (non-hydrogen) atoms. The van der Waals surface area contributed by atoms with Gasteiger partial charge >= 0.3 is 5.82 Å². The molecule has 7 heteroatoms. The summed E-state index contributed by atoms with van der Waals surface area (Å²) in [6.45, 7) is 9.39. The Morgan fingerprint density at radius 3 is 2.31 bits per heavy atom. The zero-order chi connectivity index (χ0) is 21.2. The fourth-order valence-electron chi connectivity index (χ4n) is 2.91. The average molecular weight is 396 g/mol. The minimum Gasteiger partial charge on any atom is -0.358 e. The van der Waals surface area contributed by atoms with Gasteiger partial charge in [0.1, 0.15) is 6.20 Å². The lowest BCUT2D eigenvalue weighted by molar-refractivity contribution is -0.390. The van der Waals surface area contributed by atoms with Gasteiger partial charge in [0.15, 0.2) is 0 Å². The lowest BCUT2D eigenvalue weighted by Gasteiger charge is -2.22. The van der Waals surface area contributed by atoms with Crippen molar-refractivity contribution in [3.8, 4) is 0 Å². The number of aromatic nitrogens is 2. The summed E-state index contributed by atoms with van der Waals surface area (Å²) in [5, 5.41) is 11.0. The molecule has 0 fully saturated rings. The maximum atomic E-state index is 12.8. The van der Waals surface area contributed by atoms with Gasteiger partial charge in [-0.3, -0.25) is 4.79 Å². The number of unbranched alkanes of at least 4 members (excludes halogenated alkanes) is 2. The number of rotatable bonds is 11. The molecule has 0 aliphatic rings. The number of imidazole rings is 1. The van der Waals surface area contributed by atoms with Crippen LogP contribution in [-0.2, 0) is 0 Å². The number of amides is 1. The number of hydrogen-bond acceptors (Lipinski definition) is 4. The van der Waals surface area contributed by atoms with E-state index in [-0.39, 0.29) is 11.7 Å². The van der Waals surface area contributed by atoms with E-state index in [4.69, 9.17) is 0 Å². The zero-order valence-corrected chi connectivity index (χ0v) is 17.1. The predicted molar refractivity (Wildman–Crippen MR) is 116 cm³/mol. The third kappa shape index (κ3) is 5.88. The van der Waals surface area contributed by atoms with Crippen molar-refractivity contribution < 1.29 is 9.72 Å². The Bertz CT molecular complexity index is 861. The van der Waals surface area contributed by atoms with Crippen molar-refractivity contribution in [1.82, 2.24) is 14.5 Å². The van der Waals surface area contributed by atoms with Crippen LogP contribution < -0.4 is 0 Å². The number of benzene rings is 1. The van der Waals surface area contributed by atoms with E-state index in [0.717, 1.165) is 44.3 Å². The quantitative estimate of drug-likeness (QED) is 0.391. The zero-order valence-electron chi connectivity index (χ0n) is 17.1. The fraction of sp³-hybridized carbons (Fsp3) is 0.364. The van der Waals surface area contributed by atoms with E-state index >= 15 is 0 Å². The van der Waals surface area contributed by atoms with Crippen LogP contribution in [0.3, 0.4) is 0 Å². The molecule has 0 spiro atoms. The molecule has 2 rings (SSSR count). The minimum absolute atomic E-state index is 0.0558. The first-order valence-electron chi connectivity index (χ1n) is 9.93. The van der Waals surface area contributed by atoms with Gasteiger partial charge in [-0.05, 0) is 41.5 Å². The Morgan fingerprint density at radius 2 is 1.79 bits per heavy atom. The molecule has 0 aliphatic heterocycles. The van der Waals surface area contributed by atoms with Gasteiger partial charge in [0.25, 0.3) is 5.91 Å². The van der Waals surface area contributed by atoms with Gasteiger partial charge in [0, 0.05) is 24.7 Å². The number of hydrogen-bond donors (Lipinski definition) is 0. The lowest BCUT2D eigenvalue weighted by Crippen LogP contribution is -2.32. The Hall–Kier alpha value is -3.22. The molecule has 1 amide bonds. The smallest absolute Gasteiger partial charge is 0.347 e. The van der Waals surface area contributed by atoms with Crippen LogP contribution in [0.2, 0.25) is 0 Å². The molecular weight excluding hydrogens is 368 g/mol. The monoisotopic (exact) mass is 396 g/mol. The van der Waals surface area contributed by atoms with Gasteiger partial charge in [-0.15, -0.1) is 0 Å². The standard InChI is InChI=1S/C22H28N4O3/c1-4-7-15-24(16-8-5-2)22(27)19-12-9-18(10-13-19)11-14-20-23-17-21(26(28)29)25(20)6-3/h6,9-14,17H,3-5,7-8,15-16H2,1-2H3/b14-11+. The fourth-order valence-corrected chi connectivity index (χ4v) is 2.91. The predicted octanol–water partition coefficient (Wildman–Crippen LogP) is 5.10. The first kappa shape index (κ1) is 22.1. The summed E-state index contributed by atoms with van der Waals surface area (Å²) >= 11 is 0. The lowest BCUT2D eigenvalue weighted by atomic mass is 10.1. The van der Waals surface area contributed by atoms with E-state index < -0.39 is 4.92 Å². The van der Waals surface area contributed by atoms with E-state index in [1.165, 1.54) is 17.0 Å². The normalized spacial score (nSPS) is 11.0. The van der Waals surface area contributed by atoms with Crippen molar-refractivity contribution >= 4 is 30.1 Å². The van der Waals surface area contributed by atoms with E-state index in [1.807, 2.05) is 29.2 Å². The van der Waals surface area contributed by atoms with Crippen molar-refractivity contribution in [2.45, 2.75) is 39.5 Å². The highest BCUT2D eigenvalue weighted by Gasteiger charge is 2.16. The molecule has 154 valence electrons. The van der Waals surface area contributed by atoms with Crippen LogP contribution >= 0.6 is 0 Å². The minimum atomic E-state index is -0.505. The highest BCUT2D eigenvalue weighted by Crippen LogP contribution is 2.17. The summed E-state index contributed by atoms with van der Waals surface area (Å²) in [5.41, 5.74) is 1.54. The van der Waals surface area contributed by atoms with Gasteiger partial charge in [-0.25, -0.2) is 4.98 Å². The highest BCUT2D eigenvalue weighted by molar-refractivity contribution is 5.94. The number of nitrogens with zero attached hydrogens (tertiary/aromatic N) is 4. The maximum absolute atomic E-state index is 12.8. The molecule has 0 saturated heterocycles. The molecule has 1 aromatic carbocycles. The van der Waals surface area contributed by atoms with Crippen LogP contribution in [0.15, 0.2) is 37.0 Å². The van der Waals surface area contributed by atoms with Gasteiger partial charge in [0.2, 0.25) is 5.82 Å². The third-order valence-electron chi connectivity index (χ3n) is 4.61. The first-order valence-corrected chi connectivity index (χ1v) is 9.93. The summed E-state index contributed by atoms with van der Waals surface area (Å²) in [5.74, 6) is 0.331. The Balaban J connectivity index is 2.13. The van der Waals surface area contributed by atoms with Crippen molar-refractivity contribution in [1.29, 1.82) is 0 Å². The second-order valence-electron chi connectivity index (χ2n) is 6.74. The number of carbonyl (C=O) groups excluding carboxylic acids is 1. The molecular formula is C22H28N4O3. The maximum Gasteiger partial charge on any atom is 0.347 e. The molecule has 7 nitrogen and oxygen atoms in total. The van der Waals surface area contributed by atoms with Gasteiger partial charge in [-0.1, -0.05) is 45.4 Å². The summed E-state index contributed by atoms with van der Waals surface area (Å²) in [7, 11) is 0. The number of nitro groups is 1. The molecule has 0 N–H and O–H groups in total. The Labute approximate surface area is 171 Å². The van der Waals surface area contributed by atoms with E-state index in [9.17, 15) is 14.9 Å². The van der Waals surface area contributed by atoms with Gasteiger partial charge < -0.3 is 15.0 Å². The SMILES string of the molecule is C=Cn1c([N+](=O)[O-])cnc1/C=C/c1ccc(C(=O)N(CCCC)CCCC)cc1. The van der Waals surface area contributed by atoms with Crippen molar-refractivity contribution in [2.75, 3.05) is 13.1 Å². The number of carbonyl (C=O) groups is 1. The van der Waals surface area contributed by atoms with Crippen LogP contribution in [0, 0.1) is 10.1 Å². The Kier molecular flexibility index (Phi) is 8.33. The van der Waals surface area contributed by atoms with E-state index in [2.05, 4.69) is 25.4 Å². The van der Waals surface area contributed by atoms with Crippen LogP contribution in [0.1, 0.15) is 61.3 Å².